The van der Waals surface area contributed by atoms with Gasteiger partial charge in [-0.3, -0.25) is 4.79 Å². The summed E-state index contributed by atoms with van der Waals surface area (Å²) in [6.07, 6.45) is 0. The van der Waals surface area contributed by atoms with Crippen LogP contribution in [0.1, 0.15) is 11.1 Å². The van der Waals surface area contributed by atoms with E-state index >= 15 is 0 Å². The van der Waals surface area contributed by atoms with Crippen molar-refractivity contribution in [3.63, 3.8) is 0 Å². The highest BCUT2D eigenvalue weighted by atomic mass is 35.5. The highest BCUT2D eigenvalue weighted by Crippen LogP contribution is 2.28. The van der Waals surface area contributed by atoms with Crippen LogP contribution in [0.15, 0.2) is 47.4 Å². The molecule has 1 amide bonds. The molecule has 1 saturated heterocycles. The van der Waals surface area contributed by atoms with E-state index in [4.69, 9.17) is 27.9 Å². The van der Waals surface area contributed by atoms with Crippen LogP contribution < -0.4 is 5.32 Å². The van der Waals surface area contributed by atoms with Crippen molar-refractivity contribution >= 4 is 50.9 Å². The van der Waals surface area contributed by atoms with Crippen LogP contribution in [-0.2, 0) is 31.9 Å². The fourth-order valence-corrected chi connectivity index (χ4v) is 5.89. The third kappa shape index (κ3) is 6.12. The zero-order chi connectivity index (χ0) is 21.6. The quantitative estimate of drug-likeness (QED) is 0.614. The normalized spacial score (nSPS) is 15.1. The third-order valence-electron chi connectivity index (χ3n) is 4.56. The number of amides is 1. The average molecular weight is 489 g/mol. The fraction of sp³-hybridized carbons (Fsp3) is 0.350. The number of thioether (sulfide) groups is 1. The molecule has 1 fully saturated rings. The number of nitrogens with zero attached hydrogens (tertiary/aromatic N) is 1. The number of nitrogens with one attached hydrogen (secondary N) is 1. The third-order valence-corrected chi connectivity index (χ3v) is 8.14. The molecule has 0 unspecified atom stereocenters. The first-order chi connectivity index (χ1) is 14.4. The summed E-state index contributed by atoms with van der Waals surface area (Å²) in [5.41, 5.74) is 1.64. The Hall–Kier alpha value is -1.29. The Bertz CT molecular complexity index is 959. The number of benzene rings is 2. The van der Waals surface area contributed by atoms with E-state index in [0.29, 0.717) is 48.6 Å². The van der Waals surface area contributed by atoms with Gasteiger partial charge >= 0.3 is 0 Å². The van der Waals surface area contributed by atoms with Gasteiger partial charge in [-0.2, -0.15) is 4.31 Å². The molecule has 1 aliphatic rings. The molecule has 0 atom stereocenters. The molecular weight excluding hydrogens is 467 g/mol. The van der Waals surface area contributed by atoms with E-state index in [0.717, 1.165) is 11.1 Å². The van der Waals surface area contributed by atoms with E-state index in [-0.39, 0.29) is 16.6 Å². The van der Waals surface area contributed by atoms with Crippen LogP contribution >= 0.6 is 35.0 Å². The van der Waals surface area contributed by atoms with Crippen molar-refractivity contribution in [2.24, 2.45) is 0 Å². The van der Waals surface area contributed by atoms with Crippen molar-refractivity contribution in [1.82, 2.24) is 9.62 Å². The van der Waals surface area contributed by atoms with Gasteiger partial charge in [0.1, 0.15) is 0 Å². The van der Waals surface area contributed by atoms with Crippen molar-refractivity contribution in [3.05, 3.63) is 63.6 Å². The summed E-state index contributed by atoms with van der Waals surface area (Å²) in [7, 11) is -3.51. The maximum Gasteiger partial charge on any atom is 0.243 e. The maximum absolute atomic E-state index is 12.6. The molecule has 0 radical (unpaired) electrons. The molecular formula is C20H22Cl2N2O4S2. The minimum absolute atomic E-state index is 0.117. The molecule has 0 spiro atoms. The molecule has 0 aliphatic carbocycles. The Kier molecular flexibility index (Phi) is 8.44. The van der Waals surface area contributed by atoms with Gasteiger partial charge in [0.2, 0.25) is 15.9 Å². The minimum atomic E-state index is -3.51. The lowest BCUT2D eigenvalue weighted by atomic mass is 10.2. The molecule has 1 aliphatic heterocycles. The summed E-state index contributed by atoms with van der Waals surface area (Å²) >= 11 is 13.7. The van der Waals surface area contributed by atoms with Gasteiger partial charge in [0, 0.05) is 35.4 Å². The van der Waals surface area contributed by atoms with Crippen LogP contribution in [-0.4, -0.2) is 50.7 Å². The molecule has 1 N–H and O–H groups in total. The fourth-order valence-electron chi connectivity index (χ4n) is 2.88. The van der Waals surface area contributed by atoms with Crippen molar-refractivity contribution in [2.75, 3.05) is 32.1 Å². The standard InChI is InChI=1S/C20H22Cl2N2O4S2/c21-18-2-1-3-19(22)17(18)13-29-14-20(25)23-12-15-4-6-16(7-5-15)30(26,27)24-8-10-28-11-9-24/h1-7H,8-14H2,(H,23,25). The van der Waals surface area contributed by atoms with Crippen LogP contribution in [0.2, 0.25) is 10.0 Å². The van der Waals surface area contributed by atoms with Crippen molar-refractivity contribution < 1.29 is 17.9 Å². The van der Waals surface area contributed by atoms with Crippen molar-refractivity contribution in [2.45, 2.75) is 17.2 Å². The topological polar surface area (TPSA) is 75.7 Å². The summed E-state index contributed by atoms with van der Waals surface area (Å²) in [6, 6.07) is 11.9. The summed E-state index contributed by atoms with van der Waals surface area (Å²) in [6.45, 7) is 1.85. The van der Waals surface area contributed by atoms with Gasteiger partial charge in [0.25, 0.3) is 0 Å². The molecule has 2 aromatic rings. The molecule has 162 valence electrons. The Labute approximate surface area is 190 Å². The van der Waals surface area contributed by atoms with Crippen molar-refractivity contribution in [3.8, 4) is 0 Å². The monoisotopic (exact) mass is 488 g/mol. The van der Waals surface area contributed by atoms with Gasteiger partial charge in [-0.1, -0.05) is 41.4 Å². The van der Waals surface area contributed by atoms with E-state index in [2.05, 4.69) is 5.32 Å². The Balaban J connectivity index is 1.47. The lowest BCUT2D eigenvalue weighted by molar-refractivity contribution is -0.118. The van der Waals surface area contributed by atoms with Crippen LogP contribution in [0.25, 0.3) is 0 Å². The van der Waals surface area contributed by atoms with Crippen LogP contribution in [0, 0.1) is 0 Å². The van der Waals surface area contributed by atoms with E-state index in [1.807, 2.05) is 0 Å². The van der Waals surface area contributed by atoms with Gasteiger partial charge in [0.15, 0.2) is 0 Å². The number of rotatable bonds is 8. The predicted molar refractivity (Wildman–Crippen MR) is 120 cm³/mol. The van der Waals surface area contributed by atoms with Crippen LogP contribution in [0.3, 0.4) is 0 Å². The molecule has 30 heavy (non-hydrogen) atoms. The molecule has 1 heterocycles. The Morgan fingerprint density at radius 1 is 1.07 bits per heavy atom. The predicted octanol–water partition coefficient (Wildman–Crippen LogP) is 3.56. The summed E-state index contributed by atoms with van der Waals surface area (Å²) in [4.78, 5) is 12.3. The first-order valence-electron chi connectivity index (χ1n) is 9.32. The molecule has 3 rings (SSSR count). The zero-order valence-corrected chi connectivity index (χ0v) is 19.3. The van der Waals surface area contributed by atoms with Gasteiger partial charge in [-0.05, 0) is 35.4 Å². The first-order valence-corrected chi connectivity index (χ1v) is 12.7. The average Bonchev–Trinajstić information content (AvgIpc) is 2.75. The molecule has 6 nitrogen and oxygen atoms in total. The molecule has 10 heteroatoms. The van der Waals surface area contributed by atoms with Gasteiger partial charge in [-0.15, -0.1) is 11.8 Å². The second kappa shape index (κ2) is 10.8. The van der Waals surface area contributed by atoms with E-state index in [1.54, 1.807) is 42.5 Å². The minimum Gasteiger partial charge on any atom is -0.379 e. The number of sulfonamides is 1. The highest BCUT2D eigenvalue weighted by molar-refractivity contribution is 7.99. The van der Waals surface area contributed by atoms with Crippen LogP contribution in [0.5, 0.6) is 0 Å². The lowest BCUT2D eigenvalue weighted by Gasteiger charge is -2.26. The zero-order valence-electron chi connectivity index (χ0n) is 16.1. The van der Waals surface area contributed by atoms with E-state index < -0.39 is 10.0 Å². The van der Waals surface area contributed by atoms with Crippen LogP contribution in [0.4, 0.5) is 0 Å². The number of ether oxygens (including phenoxy) is 1. The summed E-state index contributed by atoms with van der Waals surface area (Å²) in [5.74, 6) is 0.693. The molecule has 0 bridgehead atoms. The maximum atomic E-state index is 12.6. The smallest absolute Gasteiger partial charge is 0.243 e. The number of morpholine rings is 1. The largest absolute Gasteiger partial charge is 0.379 e. The number of halogens is 2. The highest BCUT2D eigenvalue weighted by Gasteiger charge is 2.26. The number of carbonyl (C=O) groups excluding carboxylic acids is 1. The van der Waals surface area contributed by atoms with Gasteiger partial charge in [0.05, 0.1) is 23.9 Å². The molecule has 2 aromatic carbocycles. The molecule has 0 saturated carbocycles. The number of hydrogen-bond acceptors (Lipinski definition) is 5. The second-order valence-electron chi connectivity index (χ2n) is 6.63. The molecule has 0 aromatic heterocycles. The second-order valence-corrected chi connectivity index (χ2v) is 10.4. The number of carbonyl (C=O) groups is 1. The SMILES string of the molecule is O=C(CSCc1c(Cl)cccc1Cl)NCc1ccc(S(=O)(=O)N2CCOCC2)cc1. The Morgan fingerprint density at radius 3 is 2.33 bits per heavy atom. The lowest BCUT2D eigenvalue weighted by Crippen LogP contribution is -2.40. The summed E-state index contributed by atoms with van der Waals surface area (Å²) in [5, 5.41) is 4.01. The number of hydrogen-bond donors (Lipinski definition) is 1. The van der Waals surface area contributed by atoms with Gasteiger partial charge < -0.3 is 10.1 Å². The Morgan fingerprint density at radius 2 is 1.70 bits per heavy atom. The van der Waals surface area contributed by atoms with Gasteiger partial charge in [-0.25, -0.2) is 8.42 Å². The van der Waals surface area contributed by atoms with E-state index in [1.165, 1.54) is 16.1 Å². The van der Waals surface area contributed by atoms with E-state index in [9.17, 15) is 13.2 Å². The first kappa shape index (κ1) is 23.4. The van der Waals surface area contributed by atoms with Crippen molar-refractivity contribution in [1.29, 1.82) is 0 Å². The summed E-state index contributed by atoms with van der Waals surface area (Å²) < 4.78 is 31.9.